The van der Waals surface area contributed by atoms with Crippen molar-refractivity contribution in [3.05, 3.63) is 23.8 Å². The van der Waals surface area contributed by atoms with Gasteiger partial charge in [0.15, 0.2) is 0 Å². The van der Waals surface area contributed by atoms with Crippen LogP contribution in [0.4, 0.5) is 0 Å². The molecule has 0 radical (unpaired) electrons. The molecular weight excluding hydrogens is 228 g/mol. The molecule has 18 heavy (non-hydrogen) atoms. The monoisotopic (exact) mass is 248 g/mol. The summed E-state index contributed by atoms with van der Waals surface area (Å²) in [6.07, 6.45) is 0. The molecule has 1 aromatic rings. The zero-order chi connectivity index (χ0) is 13.6. The highest BCUT2D eigenvalue weighted by Gasteiger charge is 2.08. The highest BCUT2D eigenvalue weighted by molar-refractivity contribution is 5.43. The number of benzene rings is 1. The molecule has 1 aromatic carbocycles. The van der Waals surface area contributed by atoms with Gasteiger partial charge in [0, 0.05) is 18.2 Å². The van der Waals surface area contributed by atoms with E-state index in [0.29, 0.717) is 23.7 Å². The van der Waals surface area contributed by atoms with Crippen LogP contribution in [0, 0.1) is 11.3 Å². The number of nitriles is 1. The second-order valence-electron chi connectivity index (χ2n) is 5.03. The van der Waals surface area contributed by atoms with Crippen molar-refractivity contribution in [1.82, 2.24) is 5.32 Å². The minimum Gasteiger partial charge on any atom is -0.497 e. The first-order valence-electron chi connectivity index (χ1n) is 5.91. The van der Waals surface area contributed by atoms with E-state index in [0.717, 1.165) is 6.54 Å². The molecule has 4 nitrogen and oxygen atoms in total. The Labute approximate surface area is 109 Å². The third-order valence-corrected chi connectivity index (χ3v) is 2.27. The lowest BCUT2D eigenvalue weighted by Crippen LogP contribution is -2.38. The van der Waals surface area contributed by atoms with Gasteiger partial charge in [0.25, 0.3) is 0 Å². The van der Waals surface area contributed by atoms with Crippen molar-refractivity contribution >= 4 is 0 Å². The van der Waals surface area contributed by atoms with E-state index in [9.17, 15) is 0 Å². The van der Waals surface area contributed by atoms with Crippen molar-refractivity contribution in [1.29, 1.82) is 5.26 Å². The summed E-state index contributed by atoms with van der Waals surface area (Å²) in [5, 5.41) is 12.2. The molecule has 0 aliphatic rings. The van der Waals surface area contributed by atoms with Crippen LogP contribution in [-0.4, -0.2) is 25.8 Å². The number of rotatable bonds is 5. The van der Waals surface area contributed by atoms with Gasteiger partial charge in [0.2, 0.25) is 0 Å². The Balaban J connectivity index is 2.54. The van der Waals surface area contributed by atoms with Gasteiger partial charge >= 0.3 is 0 Å². The van der Waals surface area contributed by atoms with Crippen molar-refractivity contribution < 1.29 is 9.47 Å². The summed E-state index contributed by atoms with van der Waals surface area (Å²) < 4.78 is 10.7. The lowest BCUT2D eigenvalue weighted by Gasteiger charge is -2.20. The topological polar surface area (TPSA) is 54.3 Å². The molecule has 0 unspecified atom stereocenters. The third kappa shape index (κ3) is 5.07. The Morgan fingerprint density at radius 2 is 1.89 bits per heavy atom. The van der Waals surface area contributed by atoms with E-state index in [1.807, 2.05) is 0 Å². The average molecular weight is 248 g/mol. The number of nitrogens with zero attached hydrogens (tertiary/aromatic N) is 1. The second kappa shape index (κ2) is 6.27. The SMILES string of the molecule is COc1cc(C#N)cc(OCCNC(C)(C)C)c1. The summed E-state index contributed by atoms with van der Waals surface area (Å²) in [7, 11) is 1.57. The molecular formula is C14H20N2O2. The van der Waals surface area contributed by atoms with Gasteiger partial charge in [-0.05, 0) is 32.9 Å². The summed E-state index contributed by atoms with van der Waals surface area (Å²) in [4.78, 5) is 0. The van der Waals surface area contributed by atoms with Crippen molar-refractivity contribution in [2.75, 3.05) is 20.3 Å². The molecule has 0 heterocycles. The molecule has 0 spiro atoms. The molecule has 0 saturated heterocycles. The molecule has 0 amide bonds. The third-order valence-electron chi connectivity index (χ3n) is 2.27. The van der Waals surface area contributed by atoms with E-state index in [2.05, 4.69) is 32.2 Å². The molecule has 98 valence electrons. The fourth-order valence-electron chi connectivity index (χ4n) is 1.43. The molecule has 0 atom stereocenters. The standard InChI is InChI=1S/C14H20N2O2/c1-14(2,3)16-5-6-18-13-8-11(10-15)7-12(9-13)17-4/h7-9,16H,5-6H2,1-4H3. The smallest absolute Gasteiger partial charge is 0.124 e. The zero-order valence-corrected chi connectivity index (χ0v) is 11.4. The summed E-state index contributed by atoms with van der Waals surface area (Å²) >= 11 is 0. The molecule has 0 saturated carbocycles. The fourth-order valence-corrected chi connectivity index (χ4v) is 1.43. The number of hydrogen-bond acceptors (Lipinski definition) is 4. The van der Waals surface area contributed by atoms with Gasteiger partial charge in [-0.3, -0.25) is 0 Å². The predicted molar refractivity (Wildman–Crippen MR) is 71.0 cm³/mol. The van der Waals surface area contributed by atoms with Gasteiger partial charge in [0.05, 0.1) is 18.7 Å². The van der Waals surface area contributed by atoms with Crippen LogP contribution in [0.2, 0.25) is 0 Å². The highest BCUT2D eigenvalue weighted by atomic mass is 16.5. The maximum absolute atomic E-state index is 8.89. The van der Waals surface area contributed by atoms with Crippen LogP contribution >= 0.6 is 0 Å². The van der Waals surface area contributed by atoms with Crippen molar-refractivity contribution in [2.24, 2.45) is 0 Å². The Kier molecular flexibility index (Phi) is 4.99. The van der Waals surface area contributed by atoms with E-state index in [-0.39, 0.29) is 5.54 Å². The van der Waals surface area contributed by atoms with E-state index >= 15 is 0 Å². The van der Waals surface area contributed by atoms with Crippen LogP contribution in [-0.2, 0) is 0 Å². The van der Waals surface area contributed by atoms with Crippen LogP contribution in [0.15, 0.2) is 18.2 Å². The predicted octanol–water partition coefficient (Wildman–Crippen LogP) is 2.33. The van der Waals surface area contributed by atoms with Gasteiger partial charge in [-0.2, -0.15) is 5.26 Å². The molecule has 0 bridgehead atoms. The first-order chi connectivity index (χ1) is 8.44. The van der Waals surface area contributed by atoms with Crippen LogP contribution in [0.25, 0.3) is 0 Å². The highest BCUT2D eigenvalue weighted by Crippen LogP contribution is 2.22. The van der Waals surface area contributed by atoms with Gasteiger partial charge in [0.1, 0.15) is 18.1 Å². The maximum Gasteiger partial charge on any atom is 0.124 e. The normalized spacial score (nSPS) is 10.8. The number of nitrogens with one attached hydrogen (secondary N) is 1. The fraction of sp³-hybridized carbons (Fsp3) is 0.500. The first kappa shape index (κ1) is 14.3. The Hall–Kier alpha value is -1.73. The first-order valence-corrected chi connectivity index (χ1v) is 5.91. The lowest BCUT2D eigenvalue weighted by atomic mass is 10.1. The Bertz CT molecular complexity index is 430. The minimum atomic E-state index is 0.0789. The lowest BCUT2D eigenvalue weighted by molar-refractivity contribution is 0.289. The van der Waals surface area contributed by atoms with Crippen LogP contribution in [0.3, 0.4) is 0 Å². The molecule has 0 aliphatic carbocycles. The largest absolute Gasteiger partial charge is 0.497 e. The van der Waals surface area contributed by atoms with Gasteiger partial charge < -0.3 is 14.8 Å². The van der Waals surface area contributed by atoms with Gasteiger partial charge in [-0.1, -0.05) is 0 Å². The number of methoxy groups -OCH3 is 1. The van der Waals surface area contributed by atoms with Gasteiger partial charge in [-0.25, -0.2) is 0 Å². The second-order valence-corrected chi connectivity index (χ2v) is 5.03. The number of hydrogen-bond donors (Lipinski definition) is 1. The molecule has 0 aliphatic heterocycles. The van der Waals surface area contributed by atoms with Gasteiger partial charge in [-0.15, -0.1) is 0 Å². The van der Waals surface area contributed by atoms with E-state index in [1.165, 1.54) is 0 Å². The minimum absolute atomic E-state index is 0.0789. The van der Waals surface area contributed by atoms with E-state index < -0.39 is 0 Å². The van der Waals surface area contributed by atoms with Crippen LogP contribution in [0.5, 0.6) is 11.5 Å². The summed E-state index contributed by atoms with van der Waals surface area (Å²) in [5.74, 6) is 1.29. The van der Waals surface area contributed by atoms with Crippen molar-refractivity contribution in [3.8, 4) is 17.6 Å². The molecule has 1 N–H and O–H groups in total. The number of ether oxygens (including phenoxy) is 2. The molecule has 0 aromatic heterocycles. The van der Waals surface area contributed by atoms with Crippen LogP contribution in [0.1, 0.15) is 26.3 Å². The molecule has 4 heteroatoms. The summed E-state index contributed by atoms with van der Waals surface area (Å²) in [6.45, 7) is 7.61. The summed E-state index contributed by atoms with van der Waals surface area (Å²) in [5.41, 5.74) is 0.614. The summed E-state index contributed by atoms with van der Waals surface area (Å²) in [6, 6.07) is 7.25. The van der Waals surface area contributed by atoms with E-state index in [4.69, 9.17) is 14.7 Å². The molecule has 1 rings (SSSR count). The quantitative estimate of drug-likeness (QED) is 0.813. The maximum atomic E-state index is 8.89. The molecule has 0 fully saturated rings. The zero-order valence-electron chi connectivity index (χ0n) is 11.4. The average Bonchev–Trinajstić information content (AvgIpc) is 2.33. The van der Waals surface area contributed by atoms with Crippen molar-refractivity contribution in [2.45, 2.75) is 26.3 Å². The van der Waals surface area contributed by atoms with Crippen LogP contribution < -0.4 is 14.8 Å². The van der Waals surface area contributed by atoms with E-state index in [1.54, 1.807) is 25.3 Å². The Morgan fingerprint density at radius 3 is 2.44 bits per heavy atom. The van der Waals surface area contributed by atoms with Crippen molar-refractivity contribution in [3.63, 3.8) is 0 Å². The Morgan fingerprint density at radius 1 is 1.22 bits per heavy atom.